The van der Waals surface area contributed by atoms with Gasteiger partial charge in [0, 0.05) is 25.8 Å². The fourth-order valence-electron chi connectivity index (χ4n) is 3.82. The maximum atomic E-state index is 14.6. The van der Waals surface area contributed by atoms with Crippen LogP contribution >= 0.6 is 22.7 Å². The summed E-state index contributed by atoms with van der Waals surface area (Å²) in [7, 11) is 0. The van der Waals surface area contributed by atoms with Gasteiger partial charge in [-0.05, 0) is 36.4 Å². The molecule has 8 N–H and O–H groups in total. The molecule has 0 radical (unpaired) electrons. The van der Waals surface area contributed by atoms with Crippen molar-refractivity contribution >= 4 is 62.4 Å². The zero-order chi connectivity index (χ0) is 22.9. The van der Waals surface area contributed by atoms with Crippen LogP contribution in [0.3, 0.4) is 0 Å². The van der Waals surface area contributed by atoms with Crippen LogP contribution in [0.2, 0.25) is 0 Å². The molecular formula is C22H14F2N6S2. The van der Waals surface area contributed by atoms with Crippen LogP contribution in [0.4, 0.5) is 8.78 Å². The van der Waals surface area contributed by atoms with Gasteiger partial charge in [0.1, 0.15) is 17.5 Å². The lowest BCUT2D eigenvalue weighted by Gasteiger charge is -2.11. The van der Waals surface area contributed by atoms with Gasteiger partial charge < -0.3 is 11.5 Å². The summed E-state index contributed by atoms with van der Waals surface area (Å²) >= 11 is 2.46. The summed E-state index contributed by atoms with van der Waals surface area (Å²) in [6, 6.07) is 3.37. The number of thiophene rings is 2. The molecule has 0 aromatic carbocycles. The predicted octanol–water partition coefficient (Wildman–Crippen LogP) is 2.71. The lowest BCUT2D eigenvalue weighted by atomic mass is 9.98. The highest BCUT2D eigenvalue weighted by Crippen LogP contribution is 2.32. The van der Waals surface area contributed by atoms with E-state index in [0.29, 0.717) is 25.8 Å². The van der Waals surface area contributed by atoms with Crippen molar-refractivity contribution < 1.29 is 8.78 Å². The van der Waals surface area contributed by atoms with Crippen molar-refractivity contribution in [3.05, 3.63) is 83.0 Å². The van der Waals surface area contributed by atoms with Gasteiger partial charge in [-0.25, -0.2) is 8.78 Å². The van der Waals surface area contributed by atoms with Crippen molar-refractivity contribution in [1.29, 1.82) is 21.6 Å². The van der Waals surface area contributed by atoms with Crippen LogP contribution in [0.1, 0.15) is 10.4 Å². The first kappa shape index (κ1) is 20.2. The molecule has 2 aromatic heterocycles. The molecule has 0 fully saturated rings. The van der Waals surface area contributed by atoms with E-state index in [1.807, 2.05) is 0 Å². The molecule has 3 aliphatic carbocycles. The Morgan fingerprint density at radius 3 is 2.38 bits per heavy atom. The second-order valence-corrected chi connectivity index (χ2v) is 9.33. The van der Waals surface area contributed by atoms with E-state index in [2.05, 4.69) is 0 Å². The summed E-state index contributed by atoms with van der Waals surface area (Å²) in [6.07, 6.45) is 4.94. The van der Waals surface area contributed by atoms with E-state index in [1.54, 1.807) is 12.1 Å². The largest absolute Gasteiger partial charge is 0.397 e. The Morgan fingerprint density at radius 2 is 1.66 bits per heavy atom. The van der Waals surface area contributed by atoms with Gasteiger partial charge in [0.25, 0.3) is 0 Å². The predicted molar refractivity (Wildman–Crippen MR) is 125 cm³/mol. The third kappa shape index (κ3) is 2.73. The van der Waals surface area contributed by atoms with Gasteiger partial charge in [0.05, 0.1) is 43.0 Å². The normalized spacial score (nSPS) is 19.3. The Kier molecular flexibility index (Phi) is 4.33. The fraction of sp³-hybridized carbons (Fsp3) is 0. The van der Waals surface area contributed by atoms with Crippen LogP contribution in [0.15, 0.2) is 53.8 Å². The smallest absolute Gasteiger partial charge is 0.134 e. The number of hydrogen-bond acceptors (Lipinski definition) is 7. The third-order valence-corrected chi connectivity index (χ3v) is 7.78. The van der Waals surface area contributed by atoms with Crippen molar-refractivity contribution in [3.8, 4) is 0 Å². The monoisotopic (exact) mass is 464 g/mol. The molecule has 0 amide bonds. The molecule has 5 rings (SSSR count). The van der Waals surface area contributed by atoms with E-state index in [9.17, 15) is 8.78 Å². The molecule has 2 aromatic rings. The number of nitrogens with two attached hydrogens (primary N) is 2. The molecule has 0 bridgehead atoms. The zero-order valence-electron chi connectivity index (χ0n) is 16.2. The Bertz CT molecular complexity index is 1670. The minimum atomic E-state index is -0.608. The number of rotatable bonds is 2. The van der Waals surface area contributed by atoms with E-state index >= 15 is 0 Å². The Labute approximate surface area is 187 Å². The standard InChI is InChI=1S/C22H14F2N6S2/c23-9-1-3-11(25)18(27)16(9)13-5-7-15(22(29)30)8-6-14(32-21(8)20(7)31-13)17-10(24)2-4-12(26)19(17)28/h1-6,25,27-28H,26H2,(H3,29,30). The lowest BCUT2D eigenvalue weighted by Crippen LogP contribution is -2.21. The quantitative estimate of drug-likeness (QED) is 0.230. The van der Waals surface area contributed by atoms with E-state index in [1.165, 1.54) is 40.9 Å². The SMILES string of the molecule is N=C(N)C1=c2cc(C3=C(F)C=CC(=N)C3=N)sc2=c2sc(=C3C(=N)C(N)=CC=C3F)cc21. The van der Waals surface area contributed by atoms with Crippen LogP contribution in [0.25, 0.3) is 16.7 Å². The highest BCUT2D eigenvalue weighted by atomic mass is 32.1. The number of nitrogens with one attached hydrogen (secondary N) is 4. The van der Waals surface area contributed by atoms with Crippen molar-refractivity contribution in [2.24, 2.45) is 11.5 Å². The van der Waals surface area contributed by atoms with Crippen molar-refractivity contribution in [2.75, 3.05) is 0 Å². The van der Waals surface area contributed by atoms with Gasteiger partial charge in [0.15, 0.2) is 0 Å². The summed E-state index contributed by atoms with van der Waals surface area (Å²) in [5.41, 5.74) is 12.6. The van der Waals surface area contributed by atoms with Crippen LogP contribution in [-0.4, -0.2) is 23.0 Å². The Hall–Kier alpha value is -3.76. The first-order valence-electron chi connectivity index (χ1n) is 9.25. The minimum Gasteiger partial charge on any atom is -0.397 e. The van der Waals surface area contributed by atoms with Gasteiger partial charge in [-0.2, -0.15) is 0 Å². The van der Waals surface area contributed by atoms with Crippen LogP contribution in [0.5, 0.6) is 0 Å². The van der Waals surface area contributed by atoms with E-state index in [4.69, 9.17) is 33.1 Å². The van der Waals surface area contributed by atoms with Crippen LogP contribution in [-0.2, 0) is 0 Å². The molecule has 32 heavy (non-hydrogen) atoms. The molecule has 0 saturated carbocycles. The zero-order valence-corrected chi connectivity index (χ0v) is 17.8. The number of hydrogen-bond donors (Lipinski definition) is 6. The topological polar surface area (TPSA) is 147 Å². The summed E-state index contributed by atoms with van der Waals surface area (Å²) in [5, 5.41) is 32.9. The molecule has 158 valence electrons. The van der Waals surface area contributed by atoms with Crippen molar-refractivity contribution in [1.82, 2.24) is 0 Å². The van der Waals surface area contributed by atoms with Crippen LogP contribution in [0, 0.1) is 30.7 Å². The fourth-order valence-corrected chi connectivity index (χ4v) is 6.42. The first-order valence-corrected chi connectivity index (χ1v) is 10.9. The molecule has 0 spiro atoms. The molecular weight excluding hydrogens is 450 g/mol. The van der Waals surface area contributed by atoms with Crippen LogP contribution < -0.4 is 21.2 Å². The van der Waals surface area contributed by atoms with Gasteiger partial charge in [-0.3, -0.25) is 21.6 Å². The second-order valence-electron chi connectivity index (χ2n) is 7.23. The Balaban J connectivity index is 1.85. The molecule has 0 atom stereocenters. The average Bonchev–Trinajstić information content (AvgIpc) is 3.39. The molecule has 10 heteroatoms. The van der Waals surface area contributed by atoms with Gasteiger partial charge in [-0.15, -0.1) is 22.7 Å². The number of fused-ring (bicyclic) bond motifs is 2. The third-order valence-electron chi connectivity index (χ3n) is 5.31. The molecule has 0 unspecified atom stereocenters. The first-order chi connectivity index (χ1) is 15.2. The maximum absolute atomic E-state index is 14.6. The van der Waals surface area contributed by atoms with E-state index < -0.39 is 11.7 Å². The molecule has 2 heterocycles. The second kappa shape index (κ2) is 6.87. The highest BCUT2D eigenvalue weighted by Gasteiger charge is 2.26. The van der Waals surface area contributed by atoms with Crippen molar-refractivity contribution in [2.45, 2.75) is 0 Å². The molecule has 3 aliphatic rings. The number of allylic oxidation sites excluding steroid dienone is 8. The molecule has 6 nitrogen and oxygen atoms in total. The van der Waals surface area contributed by atoms with E-state index in [-0.39, 0.29) is 39.8 Å². The average molecular weight is 465 g/mol. The maximum Gasteiger partial charge on any atom is 0.134 e. The van der Waals surface area contributed by atoms with Crippen molar-refractivity contribution in [3.63, 3.8) is 0 Å². The minimum absolute atomic E-state index is 0.0217. The molecule has 0 saturated heterocycles. The number of amidine groups is 1. The molecule has 0 aliphatic heterocycles. The number of halogens is 2. The highest BCUT2D eigenvalue weighted by molar-refractivity contribution is 7.14. The Morgan fingerprint density at radius 1 is 0.906 bits per heavy atom. The van der Waals surface area contributed by atoms with Gasteiger partial charge >= 0.3 is 0 Å². The lowest BCUT2D eigenvalue weighted by molar-refractivity contribution is 0.672. The van der Waals surface area contributed by atoms with Gasteiger partial charge in [0.2, 0.25) is 0 Å². The summed E-state index contributed by atoms with van der Waals surface area (Å²) < 4.78 is 31.0. The van der Waals surface area contributed by atoms with Gasteiger partial charge in [-0.1, -0.05) is 0 Å². The summed E-state index contributed by atoms with van der Waals surface area (Å²) in [4.78, 5) is 0.447. The summed E-state index contributed by atoms with van der Waals surface area (Å²) in [6.45, 7) is 0. The van der Waals surface area contributed by atoms with E-state index in [0.717, 1.165) is 15.1 Å². The summed E-state index contributed by atoms with van der Waals surface area (Å²) in [5.74, 6) is -1.38.